The van der Waals surface area contributed by atoms with Crippen LogP contribution in [-0.2, 0) is 6.54 Å². The van der Waals surface area contributed by atoms with Crippen molar-refractivity contribution in [1.82, 2.24) is 5.32 Å². The summed E-state index contributed by atoms with van der Waals surface area (Å²) < 4.78 is 0. The molecule has 1 heterocycles. The van der Waals surface area contributed by atoms with Crippen molar-refractivity contribution in [2.45, 2.75) is 6.54 Å². The zero-order valence-corrected chi connectivity index (χ0v) is 9.87. The summed E-state index contributed by atoms with van der Waals surface area (Å²) in [6.45, 7) is 0.489. The van der Waals surface area contributed by atoms with E-state index in [9.17, 15) is 4.79 Å². The van der Waals surface area contributed by atoms with Crippen LogP contribution < -0.4 is 10.3 Å². The minimum atomic E-state index is -0.128. The average molecular weight is 248 g/mol. The average Bonchev–Trinajstić information content (AvgIpc) is 2.37. The Morgan fingerprint density at radius 2 is 2.18 bits per heavy atom. The van der Waals surface area contributed by atoms with Gasteiger partial charge in [-0.25, -0.2) is 4.98 Å². The van der Waals surface area contributed by atoms with Crippen LogP contribution in [0.3, 0.4) is 0 Å². The maximum Gasteiger partial charge on any atom is 0.251 e. The van der Waals surface area contributed by atoms with Crippen molar-refractivity contribution in [3.05, 3.63) is 64.9 Å². The smallest absolute Gasteiger partial charge is 0.251 e. The molecule has 0 saturated carbocycles. The molecule has 0 saturated heterocycles. The lowest BCUT2D eigenvalue weighted by Gasteiger charge is -2.04. The third-order valence-corrected chi connectivity index (χ3v) is 2.55. The van der Waals surface area contributed by atoms with Crippen LogP contribution in [0.2, 0.25) is 5.02 Å². The molecule has 0 aliphatic carbocycles. The van der Waals surface area contributed by atoms with Crippen molar-refractivity contribution in [2.75, 3.05) is 0 Å². The summed E-state index contributed by atoms with van der Waals surface area (Å²) in [5.41, 5.74) is 1.58. The lowest BCUT2D eigenvalue weighted by molar-refractivity contribution is -0.378. The Morgan fingerprint density at radius 1 is 1.29 bits per heavy atom. The van der Waals surface area contributed by atoms with Gasteiger partial charge in [-0.15, -0.1) is 0 Å². The van der Waals surface area contributed by atoms with E-state index in [1.54, 1.807) is 24.3 Å². The molecule has 0 spiro atoms. The van der Waals surface area contributed by atoms with Gasteiger partial charge in [0.05, 0.1) is 0 Å². The van der Waals surface area contributed by atoms with E-state index in [0.29, 0.717) is 17.1 Å². The van der Waals surface area contributed by atoms with Gasteiger partial charge in [0.1, 0.15) is 0 Å². The first-order chi connectivity index (χ1) is 8.25. The molecule has 2 N–H and O–H groups in total. The Labute approximate surface area is 104 Å². The van der Waals surface area contributed by atoms with Crippen LogP contribution in [0.25, 0.3) is 0 Å². The zero-order chi connectivity index (χ0) is 12.1. The first kappa shape index (κ1) is 11.6. The second kappa shape index (κ2) is 5.46. The largest absolute Gasteiger partial charge is 0.348 e. The van der Waals surface area contributed by atoms with Crippen LogP contribution in [0.4, 0.5) is 0 Å². The highest BCUT2D eigenvalue weighted by atomic mass is 35.5. The molecule has 3 nitrogen and oxygen atoms in total. The van der Waals surface area contributed by atoms with Crippen molar-refractivity contribution in [3.63, 3.8) is 0 Å². The number of carbonyl (C=O) groups is 1. The molecular formula is C13H12ClN2O+. The molecule has 2 rings (SSSR count). The zero-order valence-electron chi connectivity index (χ0n) is 9.11. The molecule has 0 aliphatic heterocycles. The monoisotopic (exact) mass is 247 g/mol. The number of H-pyrrole nitrogens is 1. The number of rotatable bonds is 3. The summed E-state index contributed by atoms with van der Waals surface area (Å²) in [4.78, 5) is 14.8. The number of hydrogen-bond acceptors (Lipinski definition) is 1. The minimum absolute atomic E-state index is 0.128. The molecular weight excluding hydrogens is 236 g/mol. The van der Waals surface area contributed by atoms with Gasteiger partial charge in [0.25, 0.3) is 5.91 Å². The summed E-state index contributed by atoms with van der Waals surface area (Å²) in [5.74, 6) is -0.128. The lowest BCUT2D eigenvalue weighted by atomic mass is 10.2. The molecule has 86 valence electrons. The first-order valence-corrected chi connectivity index (χ1v) is 5.62. The fourth-order valence-electron chi connectivity index (χ4n) is 1.45. The highest BCUT2D eigenvalue weighted by Gasteiger charge is 2.05. The summed E-state index contributed by atoms with van der Waals surface area (Å²) in [6.07, 6.45) is 3.67. The normalized spacial score (nSPS) is 9.94. The van der Waals surface area contributed by atoms with Gasteiger partial charge in [-0.1, -0.05) is 17.7 Å². The molecule has 17 heavy (non-hydrogen) atoms. The predicted molar refractivity (Wildman–Crippen MR) is 65.6 cm³/mol. The van der Waals surface area contributed by atoms with Crippen molar-refractivity contribution in [2.24, 2.45) is 0 Å². The van der Waals surface area contributed by atoms with Crippen LogP contribution >= 0.6 is 11.6 Å². The topological polar surface area (TPSA) is 43.2 Å². The number of hydrogen-bond donors (Lipinski definition) is 1. The number of aromatic amines is 1. The molecule has 4 heteroatoms. The molecule has 2 aromatic rings. The molecule has 0 fully saturated rings. The van der Waals surface area contributed by atoms with Gasteiger partial charge in [-0.05, 0) is 24.3 Å². The fraction of sp³-hybridized carbons (Fsp3) is 0.0769. The number of aromatic nitrogens is 1. The number of nitrogens with one attached hydrogen (secondary N) is 2. The first-order valence-electron chi connectivity index (χ1n) is 5.24. The van der Waals surface area contributed by atoms with Gasteiger partial charge in [0, 0.05) is 28.8 Å². The van der Waals surface area contributed by atoms with E-state index >= 15 is 0 Å². The lowest BCUT2D eigenvalue weighted by Crippen LogP contribution is -2.23. The van der Waals surface area contributed by atoms with E-state index in [0.717, 1.165) is 5.56 Å². The molecule has 0 unspecified atom stereocenters. The third-order valence-electron chi connectivity index (χ3n) is 2.31. The highest BCUT2D eigenvalue weighted by molar-refractivity contribution is 6.30. The number of halogens is 1. The summed E-state index contributed by atoms with van der Waals surface area (Å²) in [5, 5.41) is 3.39. The van der Waals surface area contributed by atoms with E-state index in [-0.39, 0.29) is 5.91 Å². The van der Waals surface area contributed by atoms with Crippen LogP contribution in [0, 0.1) is 0 Å². The van der Waals surface area contributed by atoms with Crippen LogP contribution in [0.15, 0.2) is 48.8 Å². The molecule has 0 radical (unpaired) electrons. The Balaban J connectivity index is 1.98. The molecule has 0 bridgehead atoms. The third kappa shape index (κ3) is 3.29. The van der Waals surface area contributed by atoms with Crippen molar-refractivity contribution in [1.29, 1.82) is 0 Å². The quantitative estimate of drug-likeness (QED) is 0.887. The van der Waals surface area contributed by atoms with E-state index < -0.39 is 0 Å². The summed E-state index contributed by atoms with van der Waals surface area (Å²) in [7, 11) is 0. The minimum Gasteiger partial charge on any atom is -0.348 e. The summed E-state index contributed by atoms with van der Waals surface area (Å²) in [6, 6.07) is 10.7. The van der Waals surface area contributed by atoms with Gasteiger partial charge < -0.3 is 5.32 Å². The van der Waals surface area contributed by atoms with Crippen LogP contribution in [0.1, 0.15) is 15.9 Å². The van der Waals surface area contributed by atoms with Gasteiger partial charge in [0.15, 0.2) is 12.4 Å². The maximum absolute atomic E-state index is 11.8. The maximum atomic E-state index is 11.8. The van der Waals surface area contributed by atoms with E-state index in [2.05, 4.69) is 10.3 Å². The molecule has 0 atom stereocenters. The van der Waals surface area contributed by atoms with E-state index in [1.165, 1.54) is 0 Å². The van der Waals surface area contributed by atoms with Gasteiger partial charge in [-0.2, -0.15) is 0 Å². The van der Waals surface area contributed by atoms with Gasteiger partial charge in [-0.3, -0.25) is 4.79 Å². The molecule has 1 aromatic heterocycles. The van der Waals surface area contributed by atoms with Crippen molar-refractivity contribution >= 4 is 17.5 Å². The number of carbonyl (C=O) groups excluding carboxylic acids is 1. The second-order valence-electron chi connectivity index (χ2n) is 3.60. The van der Waals surface area contributed by atoms with Gasteiger partial charge >= 0.3 is 0 Å². The fourth-order valence-corrected chi connectivity index (χ4v) is 1.64. The predicted octanol–water partition coefficient (Wildman–Crippen LogP) is 2.08. The van der Waals surface area contributed by atoms with E-state index in [4.69, 9.17) is 11.6 Å². The molecule has 1 amide bonds. The van der Waals surface area contributed by atoms with E-state index in [1.807, 2.05) is 24.5 Å². The Morgan fingerprint density at radius 3 is 2.88 bits per heavy atom. The number of amides is 1. The Hall–Kier alpha value is -1.87. The SMILES string of the molecule is O=C(NCc1ccc[nH+]c1)c1cccc(Cl)c1. The van der Waals surface area contributed by atoms with Crippen molar-refractivity contribution in [3.8, 4) is 0 Å². The second-order valence-corrected chi connectivity index (χ2v) is 4.04. The Bertz CT molecular complexity index is 514. The number of pyridine rings is 1. The Kier molecular flexibility index (Phi) is 3.73. The van der Waals surface area contributed by atoms with Crippen LogP contribution in [0.5, 0.6) is 0 Å². The highest BCUT2D eigenvalue weighted by Crippen LogP contribution is 2.10. The van der Waals surface area contributed by atoms with Crippen molar-refractivity contribution < 1.29 is 9.78 Å². The standard InChI is InChI=1S/C13H11ClN2O/c14-12-5-1-4-11(7-12)13(17)16-9-10-3-2-6-15-8-10/h1-8H,9H2,(H,16,17)/p+1. The van der Waals surface area contributed by atoms with Gasteiger partial charge in [0.2, 0.25) is 0 Å². The number of benzene rings is 1. The van der Waals surface area contributed by atoms with Crippen LogP contribution in [-0.4, -0.2) is 5.91 Å². The molecule has 1 aromatic carbocycles. The summed E-state index contributed by atoms with van der Waals surface area (Å²) >= 11 is 5.82. The molecule has 0 aliphatic rings.